The predicted octanol–water partition coefficient (Wildman–Crippen LogP) is 2.76. The summed E-state index contributed by atoms with van der Waals surface area (Å²) in [7, 11) is 3.11. The lowest BCUT2D eigenvalue weighted by molar-refractivity contribution is 0.355. The normalized spacial score (nSPS) is 16.4. The van der Waals surface area contributed by atoms with E-state index in [-0.39, 0.29) is 5.56 Å². The van der Waals surface area contributed by atoms with Gasteiger partial charge in [-0.1, -0.05) is 11.8 Å². The van der Waals surface area contributed by atoms with E-state index >= 15 is 0 Å². The molecule has 1 aromatic carbocycles. The molecule has 2 aliphatic rings. The number of H-pyrrole nitrogens is 1. The molecule has 1 saturated heterocycles. The van der Waals surface area contributed by atoms with Gasteiger partial charge >= 0.3 is 0 Å². The zero-order valence-electron chi connectivity index (χ0n) is 17.1. The fourth-order valence-corrected chi connectivity index (χ4v) is 4.74. The number of aromatic nitrogens is 5. The molecule has 10 heteroatoms. The fourth-order valence-electron chi connectivity index (χ4n) is 3.87. The summed E-state index contributed by atoms with van der Waals surface area (Å²) >= 11 is 1.56. The lowest BCUT2D eigenvalue weighted by atomic mass is 10.2. The first-order chi connectivity index (χ1) is 14.7. The van der Waals surface area contributed by atoms with Gasteiger partial charge in [0, 0.05) is 25.2 Å². The molecule has 3 heterocycles. The summed E-state index contributed by atoms with van der Waals surface area (Å²) in [6, 6.07) is 3.87. The van der Waals surface area contributed by atoms with Crippen molar-refractivity contribution in [2.45, 2.75) is 42.6 Å². The highest BCUT2D eigenvalue weighted by molar-refractivity contribution is 7.98. The first-order valence-corrected chi connectivity index (χ1v) is 11.1. The Morgan fingerprint density at radius 3 is 2.57 bits per heavy atom. The van der Waals surface area contributed by atoms with E-state index < -0.39 is 0 Å². The molecule has 1 saturated carbocycles. The van der Waals surface area contributed by atoms with E-state index in [0.717, 1.165) is 24.2 Å². The molecule has 0 radical (unpaired) electrons. The van der Waals surface area contributed by atoms with Gasteiger partial charge in [-0.2, -0.15) is 0 Å². The summed E-state index contributed by atoms with van der Waals surface area (Å²) in [6.07, 6.45) is 4.74. The second-order valence-corrected chi connectivity index (χ2v) is 8.55. The van der Waals surface area contributed by atoms with Crippen LogP contribution in [0.2, 0.25) is 0 Å². The maximum atomic E-state index is 12.6. The van der Waals surface area contributed by atoms with Crippen LogP contribution in [0.15, 0.2) is 22.1 Å². The van der Waals surface area contributed by atoms with Crippen molar-refractivity contribution in [2.75, 3.05) is 32.2 Å². The molecule has 0 spiro atoms. The van der Waals surface area contributed by atoms with Crippen LogP contribution in [0.5, 0.6) is 11.5 Å². The highest BCUT2D eigenvalue weighted by atomic mass is 32.2. The van der Waals surface area contributed by atoms with Gasteiger partial charge in [0.15, 0.2) is 16.7 Å². The smallest absolute Gasteiger partial charge is 0.258 e. The Kier molecular flexibility index (Phi) is 5.01. The monoisotopic (exact) mass is 428 g/mol. The molecule has 5 rings (SSSR count). The van der Waals surface area contributed by atoms with Crippen molar-refractivity contribution >= 4 is 28.6 Å². The number of benzene rings is 1. The molecule has 0 amide bonds. The number of ether oxygens (including phenoxy) is 2. The van der Waals surface area contributed by atoms with E-state index in [0.29, 0.717) is 40.0 Å². The van der Waals surface area contributed by atoms with Gasteiger partial charge in [0.25, 0.3) is 5.56 Å². The quantitative estimate of drug-likeness (QED) is 0.574. The number of methoxy groups -OCH3 is 2. The summed E-state index contributed by atoms with van der Waals surface area (Å²) in [5, 5.41) is 10.3. The molecule has 0 atom stereocenters. The van der Waals surface area contributed by atoms with Crippen LogP contribution >= 0.6 is 11.8 Å². The van der Waals surface area contributed by atoms with Crippen LogP contribution in [0.25, 0.3) is 10.9 Å². The molecule has 0 bridgehead atoms. The standard InChI is InChI=1S/C20H24N6O3S/c1-28-15-9-13-14(10-16(15)29-2)21-17(22-18(13)27)11-30-20-24-23-19(25-7-3-4-8-25)26(20)12-5-6-12/h9-10,12H,3-8,11H2,1-2H3,(H,21,22,27). The summed E-state index contributed by atoms with van der Waals surface area (Å²) < 4.78 is 12.9. The average Bonchev–Trinajstić information content (AvgIpc) is 3.27. The lowest BCUT2D eigenvalue weighted by Gasteiger charge is -2.17. The molecule has 1 aliphatic carbocycles. The molecular weight excluding hydrogens is 404 g/mol. The zero-order valence-corrected chi connectivity index (χ0v) is 17.9. The molecule has 2 fully saturated rings. The van der Waals surface area contributed by atoms with Crippen molar-refractivity contribution in [3.05, 3.63) is 28.3 Å². The zero-order chi connectivity index (χ0) is 20.7. The third-order valence-corrected chi connectivity index (χ3v) is 6.50. The van der Waals surface area contributed by atoms with Crippen LogP contribution in [0.3, 0.4) is 0 Å². The Bertz CT molecular complexity index is 1130. The van der Waals surface area contributed by atoms with E-state index in [1.165, 1.54) is 25.7 Å². The van der Waals surface area contributed by atoms with Crippen molar-refractivity contribution in [3.63, 3.8) is 0 Å². The lowest BCUT2D eigenvalue weighted by Crippen LogP contribution is -2.22. The summed E-state index contributed by atoms with van der Waals surface area (Å²) in [5.41, 5.74) is 0.381. The molecule has 9 nitrogen and oxygen atoms in total. The van der Waals surface area contributed by atoms with Gasteiger partial charge in [-0.3, -0.25) is 9.36 Å². The second-order valence-electron chi connectivity index (χ2n) is 7.60. The highest BCUT2D eigenvalue weighted by Gasteiger charge is 2.32. The van der Waals surface area contributed by atoms with Crippen LogP contribution in [0.1, 0.15) is 37.5 Å². The van der Waals surface area contributed by atoms with Crippen molar-refractivity contribution in [2.24, 2.45) is 0 Å². The van der Waals surface area contributed by atoms with E-state index in [4.69, 9.17) is 9.47 Å². The maximum absolute atomic E-state index is 12.6. The van der Waals surface area contributed by atoms with Crippen LogP contribution in [0.4, 0.5) is 5.95 Å². The third-order valence-electron chi connectivity index (χ3n) is 5.55. The van der Waals surface area contributed by atoms with Gasteiger partial charge in [-0.15, -0.1) is 10.2 Å². The van der Waals surface area contributed by atoms with Crippen LogP contribution in [-0.4, -0.2) is 52.0 Å². The summed E-state index contributed by atoms with van der Waals surface area (Å²) in [4.78, 5) is 22.4. The average molecular weight is 429 g/mol. The van der Waals surface area contributed by atoms with E-state index in [1.54, 1.807) is 38.1 Å². The number of nitrogens with one attached hydrogen (secondary N) is 1. The number of fused-ring (bicyclic) bond motifs is 1. The van der Waals surface area contributed by atoms with Crippen LogP contribution in [0, 0.1) is 0 Å². The van der Waals surface area contributed by atoms with Gasteiger partial charge in [-0.05, 0) is 31.7 Å². The van der Waals surface area contributed by atoms with Gasteiger partial charge in [0.2, 0.25) is 5.95 Å². The SMILES string of the molecule is COc1cc2nc(CSc3nnc(N4CCCC4)n3C3CC3)[nH]c(=O)c2cc1OC. The highest BCUT2D eigenvalue weighted by Crippen LogP contribution is 2.41. The Morgan fingerprint density at radius 1 is 1.13 bits per heavy atom. The fraction of sp³-hybridized carbons (Fsp3) is 0.500. The molecule has 1 N–H and O–H groups in total. The molecular formula is C20H24N6O3S. The molecule has 2 aromatic heterocycles. The molecule has 30 heavy (non-hydrogen) atoms. The van der Waals surface area contributed by atoms with Crippen molar-refractivity contribution in [1.29, 1.82) is 0 Å². The number of nitrogens with zero attached hydrogens (tertiary/aromatic N) is 5. The topological polar surface area (TPSA) is 98.2 Å². The van der Waals surface area contributed by atoms with Crippen LogP contribution in [-0.2, 0) is 5.75 Å². The minimum absolute atomic E-state index is 0.196. The third kappa shape index (κ3) is 3.49. The molecule has 158 valence electrons. The molecule has 3 aromatic rings. The first-order valence-electron chi connectivity index (χ1n) is 10.2. The molecule has 1 aliphatic heterocycles. The van der Waals surface area contributed by atoms with Gasteiger partial charge in [-0.25, -0.2) is 4.98 Å². The first kappa shape index (κ1) is 19.2. The molecule has 0 unspecified atom stereocenters. The minimum Gasteiger partial charge on any atom is -0.493 e. The van der Waals surface area contributed by atoms with E-state index in [1.807, 2.05) is 0 Å². The van der Waals surface area contributed by atoms with Crippen molar-refractivity contribution < 1.29 is 9.47 Å². The number of rotatable bonds is 7. The maximum Gasteiger partial charge on any atom is 0.258 e. The number of aromatic amines is 1. The summed E-state index contributed by atoms with van der Waals surface area (Å²) in [6.45, 7) is 2.08. The Hall–Kier alpha value is -2.75. The van der Waals surface area contributed by atoms with Crippen LogP contribution < -0.4 is 19.9 Å². The predicted molar refractivity (Wildman–Crippen MR) is 115 cm³/mol. The Balaban J connectivity index is 1.42. The van der Waals surface area contributed by atoms with Gasteiger partial charge < -0.3 is 19.4 Å². The van der Waals surface area contributed by atoms with Crippen molar-refractivity contribution in [3.8, 4) is 11.5 Å². The number of thioether (sulfide) groups is 1. The van der Waals surface area contributed by atoms with Gasteiger partial charge in [0.1, 0.15) is 5.82 Å². The number of hydrogen-bond acceptors (Lipinski definition) is 8. The van der Waals surface area contributed by atoms with E-state index in [2.05, 4.69) is 29.6 Å². The largest absolute Gasteiger partial charge is 0.493 e. The van der Waals surface area contributed by atoms with Crippen molar-refractivity contribution in [1.82, 2.24) is 24.7 Å². The Labute approximate surface area is 177 Å². The Morgan fingerprint density at radius 2 is 1.87 bits per heavy atom. The minimum atomic E-state index is -0.196. The summed E-state index contributed by atoms with van der Waals surface area (Å²) in [5.74, 6) is 3.13. The number of hydrogen-bond donors (Lipinski definition) is 1. The van der Waals surface area contributed by atoms with E-state index in [9.17, 15) is 4.79 Å². The second kappa shape index (κ2) is 7.82. The van der Waals surface area contributed by atoms with Gasteiger partial charge in [0.05, 0.1) is 30.9 Å². The number of anilines is 1.